The normalized spacial score (nSPS) is 11.7. The van der Waals surface area contributed by atoms with Crippen LogP contribution in [0, 0.1) is 87.3 Å². The second kappa shape index (κ2) is 9.23. The molecule has 0 bridgehead atoms. The fourth-order valence-corrected chi connectivity index (χ4v) is 3.60. The molecule has 3 aromatic rings. The molecule has 0 aromatic heterocycles. The van der Waals surface area contributed by atoms with Crippen LogP contribution in [0.3, 0.4) is 0 Å². The summed E-state index contributed by atoms with van der Waals surface area (Å²) < 4.78 is 211. The Balaban J connectivity index is 0.00000456. The fraction of sp³-hybridized carbons (Fsp3) is 0. The number of hydrogen-bond donors (Lipinski definition) is 2. The van der Waals surface area contributed by atoms with E-state index in [0.717, 1.165) is 0 Å². The molecule has 18 heteroatoms. The summed E-state index contributed by atoms with van der Waals surface area (Å²) in [5, 5.41) is 0. The van der Waals surface area contributed by atoms with Crippen LogP contribution in [0.1, 0.15) is 0 Å². The summed E-state index contributed by atoms with van der Waals surface area (Å²) >= 11 is 0. The van der Waals surface area contributed by atoms with Crippen molar-refractivity contribution in [2.24, 2.45) is 0 Å². The summed E-state index contributed by atoms with van der Waals surface area (Å²) in [7, 11) is 0. The van der Waals surface area contributed by atoms with Crippen molar-refractivity contribution in [2.75, 3.05) is 0 Å². The zero-order chi connectivity index (χ0) is 26.9. The standard InChI is InChI=1S/C18H3BF15N.H3N/c20-4-1(5(21)11(27)16(32)10(4)26)19(35,2-6(22)12(28)17(33)13(29)7(2)23)3-8(24)14(30)18(34)15(31)9(3)25;/h35H3;1H3. The maximum Gasteiger partial charge on any atom is 0.304 e. The van der Waals surface area contributed by atoms with Gasteiger partial charge in [0.15, 0.2) is 52.4 Å². The van der Waals surface area contributed by atoms with Gasteiger partial charge in [0, 0.05) is 0 Å². The van der Waals surface area contributed by atoms with E-state index in [0.29, 0.717) is 0 Å². The van der Waals surface area contributed by atoms with E-state index in [-0.39, 0.29) is 6.15 Å². The largest absolute Gasteiger partial charge is 0.536 e. The van der Waals surface area contributed by atoms with Gasteiger partial charge in [-0.15, -0.1) is 0 Å². The molecule has 0 radical (unpaired) electrons. The van der Waals surface area contributed by atoms with Crippen molar-refractivity contribution in [1.82, 2.24) is 6.15 Å². The van der Waals surface area contributed by atoms with Crippen molar-refractivity contribution < 1.29 is 71.5 Å². The molecule has 0 aliphatic heterocycles. The van der Waals surface area contributed by atoms with Gasteiger partial charge in [0.25, 0.3) is 0 Å². The highest BCUT2D eigenvalue weighted by molar-refractivity contribution is 7.05. The van der Waals surface area contributed by atoms with Crippen LogP contribution < -0.4 is 28.2 Å². The first-order chi connectivity index (χ1) is 16.0. The molecule has 6 N–H and O–H groups in total. The quantitative estimate of drug-likeness (QED) is 0.226. The average molecular weight is 546 g/mol. The van der Waals surface area contributed by atoms with Crippen molar-refractivity contribution >= 4 is 22.7 Å². The molecule has 36 heavy (non-hydrogen) atoms. The van der Waals surface area contributed by atoms with E-state index in [9.17, 15) is 65.9 Å². The molecule has 0 saturated carbocycles. The third-order valence-electron chi connectivity index (χ3n) is 5.21. The predicted octanol–water partition coefficient (Wildman–Crippen LogP) is 3.14. The molecule has 0 fully saturated rings. The molecule has 2 nitrogen and oxygen atoms in total. The highest BCUT2D eigenvalue weighted by atomic mass is 19.2. The molecule has 3 aromatic carbocycles. The Hall–Kier alpha value is -3.41. The van der Waals surface area contributed by atoms with E-state index in [1.807, 2.05) is 0 Å². The molecular formula is C18H6BF15N2. The predicted molar refractivity (Wildman–Crippen MR) is 91.3 cm³/mol. The lowest BCUT2D eigenvalue weighted by Gasteiger charge is -2.35. The number of quaternary nitrogens is 1. The van der Waals surface area contributed by atoms with E-state index in [2.05, 4.69) is 5.64 Å². The van der Waals surface area contributed by atoms with Gasteiger partial charge >= 0.3 is 6.28 Å². The van der Waals surface area contributed by atoms with E-state index in [1.54, 1.807) is 0 Å². The van der Waals surface area contributed by atoms with Crippen LogP contribution in [0.25, 0.3) is 0 Å². The smallest absolute Gasteiger partial charge is 0.304 e. The van der Waals surface area contributed by atoms with E-state index in [1.165, 1.54) is 0 Å². The van der Waals surface area contributed by atoms with Crippen molar-refractivity contribution in [3.05, 3.63) is 87.3 Å². The minimum atomic E-state index is -5.66. The lowest BCUT2D eigenvalue weighted by atomic mass is 9.24. The molecule has 196 valence electrons. The molecule has 3 rings (SSSR count). The SMILES string of the molecule is N.[NH3+][B-](c1c(F)c(F)c(F)c(F)c1F)(c1c(F)c(F)c(F)c(F)c1F)c1c(F)c(F)c(F)c(F)c1F. The maximum atomic E-state index is 14.6. The number of halogens is 15. The van der Waals surface area contributed by atoms with Gasteiger partial charge in [-0.25, -0.2) is 65.9 Å². The zero-order valence-electron chi connectivity index (χ0n) is 16.7. The maximum absolute atomic E-state index is 14.6. The first-order valence-corrected chi connectivity index (χ1v) is 8.61. The number of benzene rings is 3. The Morgan fingerprint density at radius 1 is 0.278 bits per heavy atom. The first-order valence-electron chi connectivity index (χ1n) is 8.61. The third-order valence-corrected chi connectivity index (χ3v) is 5.21. The van der Waals surface area contributed by atoms with Crippen molar-refractivity contribution in [2.45, 2.75) is 0 Å². The molecule has 0 unspecified atom stereocenters. The van der Waals surface area contributed by atoms with Crippen molar-refractivity contribution in [1.29, 1.82) is 0 Å². The van der Waals surface area contributed by atoms with E-state index >= 15 is 0 Å². The Labute approximate surface area is 188 Å². The topological polar surface area (TPSA) is 62.6 Å². The van der Waals surface area contributed by atoms with Gasteiger partial charge in [0.1, 0.15) is 34.9 Å². The summed E-state index contributed by atoms with van der Waals surface area (Å²) in [5.41, 5.74) is -5.69. The van der Waals surface area contributed by atoms with Gasteiger partial charge in [-0.3, -0.25) is 0 Å². The van der Waals surface area contributed by atoms with Gasteiger partial charge in [-0.1, -0.05) is 16.4 Å². The van der Waals surface area contributed by atoms with Gasteiger partial charge in [-0.2, -0.15) is 0 Å². The highest BCUT2D eigenvalue weighted by Gasteiger charge is 2.51. The number of rotatable bonds is 3. The van der Waals surface area contributed by atoms with Gasteiger partial charge in [-0.05, 0) is 0 Å². The lowest BCUT2D eigenvalue weighted by molar-refractivity contribution is -0.195. The molecular weight excluding hydrogens is 540 g/mol. The molecule has 0 saturated heterocycles. The summed E-state index contributed by atoms with van der Waals surface area (Å²) in [5.74, 6) is -45.8. The van der Waals surface area contributed by atoms with Crippen LogP contribution in [0.5, 0.6) is 0 Å². The second-order valence-electron chi connectivity index (χ2n) is 7.00. The molecule has 0 spiro atoms. The molecule has 0 heterocycles. The van der Waals surface area contributed by atoms with E-state index < -0.39 is 110 Å². The minimum absolute atomic E-state index is 0. The van der Waals surface area contributed by atoms with Crippen LogP contribution in [-0.4, -0.2) is 6.28 Å². The van der Waals surface area contributed by atoms with Crippen molar-refractivity contribution in [3.8, 4) is 0 Å². The summed E-state index contributed by atoms with van der Waals surface area (Å²) in [6, 6.07) is 0. The Morgan fingerprint density at radius 3 is 0.528 bits per heavy atom. The van der Waals surface area contributed by atoms with Crippen LogP contribution in [-0.2, 0) is 0 Å². The Kier molecular flexibility index (Phi) is 7.39. The molecule has 0 aliphatic carbocycles. The zero-order valence-corrected chi connectivity index (χ0v) is 16.7. The van der Waals surface area contributed by atoms with Gasteiger partial charge in [0.2, 0.25) is 0 Å². The third kappa shape index (κ3) is 3.57. The second-order valence-corrected chi connectivity index (χ2v) is 7.00. The summed E-state index contributed by atoms with van der Waals surface area (Å²) in [6.07, 6.45) is -5.66. The van der Waals surface area contributed by atoms with Gasteiger partial charge in [0.05, 0.1) is 0 Å². The van der Waals surface area contributed by atoms with Crippen molar-refractivity contribution in [3.63, 3.8) is 0 Å². The summed E-state index contributed by atoms with van der Waals surface area (Å²) in [4.78, 5) is 0. The monoisotopic (exact) mass is 546 g/mol. The molecule has 0 aliphatic rings. The Morgan fingerprint density at radius 2 is 0.389 bits per heavy atom. The Bertz CT molecular complexity index is 1170. The van der Waals surface area contributed by atoms with Crippen LogP contribution in [0.4, 0.5) is 65.9 Å². The molecule has 0 amide bonds. The minimum Gasteiger partial charge on any atom is -0.536 e. The molecule has 0 atom stereocenters. The fourth-order valence-electron chi connectivity index (χ4n) is 3.60. The highest BCUT2D eigenvalue weighted by Crippen LogP contribution is 2.25. The first kappa shape index (κ1) is 28.8. The van der Waals surface area contributed by atoms with E-state index in [4.69, 9.17) is 0 Å². The number of hydrogen-bond acceptors (Lipinski definition) is 1. The van der Waals surface area contributed by atoms with Crippen LogP contribution >= 0.6 is 0 Å². The summed E-state index contributed by atoms with van der Waals surface area (Å²) in [6.45, 7) is 0. The van der Waals surface area contributed by atoms with Crippen LogP contribution in [0.15, 0.2) is 0 Å². The average Bonchev–Trinajstić information content (AvgIpc) is 2.81. The van der Waals surface area contributed by atoms with Crippen LogP contribution in [0.2, 0.25) is 0 Å². The lowest BCUT2D eigenvalue weighted by Crippen LogP contribution is -2.97. The van der Waals surface area contributed by atoms with Gasteiger partial charge < -0.3 is 11.8 Å².